The van der Waals surface area contributed by atoms with Crippen LogP contribution in [0.4, 0.5) is 6.01 Å². The molecule has 0 atom stereocenters. The molecule has 1 aromatic rings. The zero-order chi connectivity index (χ0) is 16.0. The summed E-state index contributed by atoms with van der Waals surface area (Å²) < 4.78 is 5.68. The zero-order valence-corrected chi connectivity index (χ0v) is 14.7. The zero-order valence-electron chi connectivity index (χ0n) is 14.7. The van der Waals surface area contributed by atoms with Crippen LogP contribution in [0.1, 0.15) is 40.3 Å². The Kier molecular flexibility index (Phi) is 6.68. The fraction of sp³-hybridized carbons (Fsp3) is 0.812. The molecule has 0 amide bonds. The number of anilines is 1. The Balaban J connectivity index is 2.67. The second kappa shape index (κ2) is 7.80. The maximum atomic E-state index is 5.68. The maximum Gasteiger partial charge on any atom is 0.297 e. The molecule has 0 aliphatic rings. The minimum absolute atomic E-state index is 0.0850. The van der Waals surface area contributed by atoms with Crippen molar-refractivity contribution in [3.8, 4) is 0 Å². The fourth-order valence-corrected chi connectivity index (χ4v) is 1.90. The highest BCUT2D eigenvalue weighted by molar-refractivity contribution is 5.27. The largest absolute Gasteiger partial charge is 0.432 e. The summed E-state index contributed by atoms with van der Waals surface area (Å²) in [5, 5.41) is 3.43. The summed E-state index contributed by atoms with van der Waals surface area (Å²) in [4.78, 5) is 9.03. The number of oxazole rings is 1. The summed E-state index contributed by atoms with van der Waals surface area (Å²) in [6, 6.07) is 0.733. The molecule has 21 heavy (non-hydrogen) atoms. The molecular weight excluding hydrogens is 264 g/mol. The first-order valence-electron chi connectivity index (χ1n) is 7.76. The predicted molar refractivity (Wildman–Crippen MR) is 88.7 cm³/mol. The third-order valence-electron chi connectivity index (χ3n) is 3.01. The van der Waals surface area contributed by atoms with E-state index in [1.54, 1.807) is 6.26 Å². The molecule has 5 nitrogen and oxygen atoms in total. The van der Waals surface area contributed by atoms with E-state index >= 15 is 0 Å². The number of hydrogen-bond donors (Lipinski definition) is 1. The molecule has 0 fully saturated rings. The second-order valence-electron chi connectivity index (χ2n) is 7.37. The van der Waals surface area contributed by atoms with Gasteiger partial charge in [0.2, 0.25) is 0 Å². The van der Waals surface area contributed by atoms with Crippen molar-refractivity contribution in [2.75, 3.05) is 38.6 Å². The van der Waals surface area contributed by atoms with E-state index in [0.717, 1.165) is 37.9 Å². The van der Waals surface area contributed by atoms with Crippen LogP contribution in [0.2, 0.25) is 0 Å². The molecular formula is C16H32N4O. The van der Waals surface area contributed by atoms with E-state index in [1.165, 1.54) is 0 Å². The Hall–Kier alpha value is -1.07. The maximum absolute atomic E-state index is 5.68. The van der Waals surface area contributed by atoms with E-state index in [-0.39, 0.29) is 5.54 Å². The molecule has 122 valence electrons. The lowest BCUT2D eigenvalue weighted by molar-refractivity contribution is 0.399. The number of aromatic nitrogens is 1. The normalized spacial score (nSPS) is 12.4. The van der Waals surface area contributed by atoms with Gasteiger partial charge in [-0.05, 0) is 40.8 Å². The molecule has 0 aromatic carbocycles. The molecule has 0 unspecified atom stereocenters. The number of nitrogens with one attached hydrogen (secondary N) is 1. The average Bonchev–Trinajstić information content (AvgIpc) is 2.79. The Morgan fingerprint density at radius 3 is 2.43 bits per heavy atom. The fourth-order valence-electron chi connectivity index (χ4n) is 1.90. The van der Waals surface area contributed by atoms with Gasteiger partial charge in [-0.25, -0.2) is 0 Å². The summed E-state index contributed by atoms with van der Waals surface area (Å²) in [6.07, 6.45) is 1.76. The van der Waals surface area contributed by atoms with Crippen molar-refractivity contribution in [3.05, 3.63) is 12.0 Å². The Morgan fingerprint density at radius 2 is 1.90 bits per heavy atom. The third kappa shape index (κ3) is 7.48. The Bertz CT molecular complexity index is 407. The number of hydrogen-bond acceptors (Lipinski definition) is 5. The molecule has 5 heteroatoms. The van der Waals surface area contributed by atoms with E-state index in [2.05, 4.69) is 68.8 Å². The first kappa shape index (κ1) is 18.0. The molecule has 0 saturated carbocycles. The van der Waals surface area contributed by atoms with Crippen LogP contribution >= 0.6 is 0 Å². The smallest absolute Gasteiger partial charge is 0.297 e. The quantitative estimate of drug-likeness (QED) is 0.799. The highest BCUT2D eigenvalue weighted by Crippen LogP contribution is 2.16. The van der Waals surface area contributed by atoms with Gasteiger partial charge in [-0.15, -0.1) is 0 Å². The summed E-state index contributed by atoms with van der Waals surface area (Å²) in [7, 11) is 4.17. The van der Waals surface area contributed by atoms with Crippen molar-refractivity contribution >= 4 is 6.01 Å². The number of nitrogens with zero attached hydrogens (tertiary/aromatic N) is 3. The van der Waals surface area contributed by atoms with Crippen molar-refractivity contribution in [2.45, 2.75) is 46.7 Å². The van der Waals surface area contributed by atoms with Crippen LogP contribution in [0.5, 0.6) is 0 Å². The van der Waals surface area contributed by atoms with Gasteiger partial charge in [-0.2, -0.15) is 4.98 Å². The van der Waals surface area contributed by atoms with Crippen LogP contribution in [0.25, 0.3) is 0 Å². The van der Waals surface area contributed by atoms with Crippen LogP contribution in [-0.4, -0.2) is 49.2 Å². The minimum Gasteiger partial charge on any atom is -0.432 e. The van der Waals surface area contributed by atoms with E-state index in [9.17, 15) is 0 Å². The van der Waals surface area contributed by atoms with Gasteiger partial charge >= 0.3 is 0 Å². The van der Waals surface area contributed by atoms with Gasteiger partial charge < -0.3 is 19.5 Å². The monoisotopic (exact) mass is 296 g/mol. The molecule has 1 rings (SSSR count). The summed E-state index contributed by atoms with van der Waals surface area (Å²) in [5.41, 5.74) is 1.04. The number of rotatable bonds is 8. The average molecular weight is 296 g/mol. The lowest BCUT2D eigenvalue weighted by Crippen LogP contribution is -2.35. The second-order valence-corrected chi connectivity index (χ2v) is 7.37. The summed E-state index contributed by atoms with van der Waals surface area (Å²) in [6.45, 7) is 14.5. The summed E-state index contributed by atoms with van der Waals surface area (Å²) >= 11 is 0. The van der Waals surface area contributed by atoms with Crippen molar-refractivity contribution in [1.82, 2.24) is 15.2 Å². The topological polar surface area (TPSA) is 44.5 Å². The Labute approximate surface area is 129 Å². The van der Waals surface area contributed by atoms with Crippen molar-refractivity contribution < 1.29 is 4.42 Å². The van der Waals surface area contributed by atoms with E-state index in [0.29, 0.717) is 5.92 Å². The van der Waals surface area contributed by atoms with Crippen molar-refractivity contribution in [1.29, 1.82) is 0 Å². The first-order chi connectivity index (χ1) is 9.67. The van der Waals surface area contributed by atoms with Gasteiger partial charge in [0.25, 0.3) is 6.01 Å². The lowest BCUT2D eigenvalue weighted by atomic mass is 10.1. The SMILES string of the molecule is CC(C)CN(CCN(C)C)c1nc(CNC(C)(C)C)co1. The van der Waals surface area contributed by atoms with Crippen LogP contribution in [0, 0.1) is 5.92 Å². The molecule has 1 N–H and O–H groups in total. The van der Waals surface area contributed by atoms with Gasteiger partial charge in [0.1, 0.15) is 6.26 Å². The van der Waals surface area contributed by atoms with Gasteiger partial charge in [-0.3, -0.25) is 0 Å². The lowest BCUT2D eigenvalue weighted by Gasteiger charge is -2.24. The van der Waals surface area contributed by atoms with Gasteiger partial charge in [-0.1, -0.05) is 13.8 Å². The Morgan fingerprint density at radius 1 is 1.24 bits per heavy atom. The van der Waals surface area contributed by atoms with E-state index < -0.39 is 0 Å². The molecule has 0 radical (unpaired) electrons. The van der Waals surface area contributed by atoms with Crippen LogP contribution in [0.3, 0.4) is 0 Å². The standard InChI is InChI=1S/C16H32N4O/c1-13(2)11-20(9-8-19(6)7)15-18-14(12-21-15)10-17-16(3,4)5/h12-13,17H,8-11H2,1-7H3. The van der Waals surface area contributed by atoms with E-state index in [4.69, 9.17) is 4.42 Å². The molecule has 0 aliphatic heterocycles. The first-order valence-corrected chi connectivity index (χ1v) is 7.76. The van der Waals surface area contributed by atoms with Gasteiger partial charge in [0.15, 0.2) is 0 Å². The van der Waals surface area contributed by atoms with Gasteiger partial charge in [0, 0.05) is 31.7 Å². The molecule has 1 heterocycles. The summed E-state index contributed by atoms with van der Waals surface area (Å²) in [5.74, 6) is 0.579. The molecule has 0 spiro atoms. The van der Waals surface area contributed by atoms with Gasteiger partial charge in [0.05, 0.1) is 5.69 Å². The molecule has 0 aliphatic carbocycles. The van der Waals surface area contributed by atoms with Crippen molar-refractivity contribution in [3.63, 3.8) is 0 Å². The highest BCUT2D eigenvalue weighted by Gasteiger charge is 2.16. The molecule has 0 bridgehead atoms. The van der Waals surface area contributed by atoms with E-state index in [1.807, 2.05) is 0 Å². The van der Waals surface area contributed by atoms with Crippen LogP contribution in [-0.2, 0) is 6.54 Å². The third-order valence-corrected chi connectivity index (χ3v) is 3.01. The molecule has 1 aromatic heterocycles. The highest BCUT2D eigenvalue weighted by atomic mass is 16.4. The molecule has 0 saturated heterocycles. The van der Waals surface area contributed by atoms with Crippen LogP contribution in [0.15, 0.2) is 10.7 Å². The minimum atomic E-state index is 0.0850. The number of likely N-dealkylation sites (N-methyl/N-ethyl adjacent to an activating group) is 1. The van der Waals surface area contributed by atoms with Crippen molar-refractivity contribution in [2.24, 2.45) is 5.92 Å². The predicted octanol–water partition coefficient (Wildman–Crippen LogP) is 2.59. The van der Waals surface area contributed by atoms with Crippen LogP contribution < -0.4 is 10.2 Å².